The number of carbonyl (C=O) groups excluding carboxylic acids is 3. The number of rotatable bonds is 50. The van der Waals surface area contributed by atoms with Gasteiger partial charge in [0.2, 0.25) is 0 Å². The van der Waals surface area contributed by atoms with Crippen molar-refractivity contribution in [3.63, 3.8) is 0 Å². The molecule has 0 radical (unpaired) electrons. The highest BCUT2D eigenvalue weighted by atomic mass is 16.6. The van der Waals surface area contributed by atoms with Crippen LogP contribution in [0.25, 0.3) is 0 Å². The fourth-order valence-electron chi connectivity index (χ4n) is 8.05. The van der Waals surface area contributed by atoms with E-state index in [4.69, 9.17) is 14.2 Å². The van der Waals surface area contributed by atoms with Crippen LogP contribution in [-0.2, 0) is 28.6 Å². The predicted octanol–water partition coefficient (Wildman–Crippen LogP) is 18.1. The van der Waals surface area contributed by atoms with Gasteiger partial charge in [0, 0.05) is 19.3 Å². The van der Waals surface area contributed by atoms with Gasteiger partial charge in [-0.3, -0.25) is 14.4 Å². The van der Waals surface area contributed by atoms with Gasteiger partial charge in [-0.2, -0.15) is 0 Å². The molecule has 0 fully saturated rings. The highest BCUT2D eigenvalue weighted by Gasteiger charge is 2.19. The van der Waals surface area contributed by atoms with Gasteiger partial charge < -0.3 is 14.2 Å². The molecule has 0 aromatic carbocycles. The van der Waals surface area contributed by atoms with Crippen molar-refractivity contribution in [2.24, 2.45) is 0 Å². The molecule has 0 bridgehead atoms. The Bertz CT molecular complexity index is 1060. The molecule has 0 amide bonds. The molecule has 0 N–H and O–H groups in total. The van der Waals surface area contributed by atoms with Crippen molar-refractivity contribution < 1.29 is 28.6 Å². The van der Waals surface area contributed by atoms with Crippen molar-refractivity contribution in [2.45, 2.75) is 297 Å². The fraction of sp³-hybridized carbons (Fsp3) is 0.842. The van der Waals surface area contributed by atoms with Crippen LogP contribution in [0.15, 0.2) is 36.5 Å². The van der Waals surface area contributed by atoms with Crippen molar-refractivity contribution in [1.82, 2.24) is 0 Å². The smallest absolute Gasteiger partial charge is 0.306 e. The van der Waals surface area contributed by atoms with Gasteiger partial charge in [0.15, 0.2) is 6.10 Å². The molecule has 0 saturated heterocycles. The number of ether oxygens (including phenoxy) is 3. The maximum Gasteiger partial charge on any atom is 0.306 e. The third kappa shape index (κ3) is 50.5. The van der Waals surface area contributed by atoms with Crippen LogP contribution in [-0.4, -0.2) is 37.2 Å². The van der Waals surface area contributed by atoms with Crippen molar-refractivity contribution >= 4 is 17.9 Å². The zero-order valence-corrected chi connectivity index (χ0v) is 42.1. The molecule has 6 heteroatoms. The van der Waals surface area contributed by atoms with E-state index < -0.39 is 6.10 Å². The average Bonchev–Trinajstić information content (AvgIpc) is 3.28. The Morgan fingerprint density at radius 2 is 0.619 bits per heavy atom. The number of unbranched alkanes of at least 4 members (excludes halogenated alkanes) is 33. The van der Waals surface area contributed by atoms with Crippen LogP contribution in [0.5, 0.6) is 0 Å². The van der Waals surface area contributed by atoms with Crippen molar-refractivity contribution in [2.75, 3.05) is 13.2 Å². The van der Waals surface area contributed by atoms with Gasteiger partial charge in [0.05, 0.1) is 0 Å². The van der Waals surface area contributed by atoms with Gasteiger partial charge >= 0.3 is 17.9 Å². The summed E-state index contributed by atoms with van der Waals surface area (Å²) in [4.78, 5) is 38.0. The molecular weight excluding hydrogens is 781 g/mol. The largest absolute Gasteiger partial charge is 0.462 e. The summed E-state index contributed by atoms with van der Waals surface area (Å²) in [6.45, 7) is 6.55. The molecule has 0 unspecified atom stereocenters. The van der Waals surface area contributed by atoms with Gasteiger partial charge in [0.1, 0.15) is 13.2 Å². The molecule has 63 heavy (non-hydrogen) atoms. The fourth-order valence-corrected chi connectivity index (χ4v) is 8.05. The topological polar surface area (TPSA) is 78.9 Å². The van der Waals surface area contributed by atoms with Crippen LogP contribution < -0.4 is 0 Å². The van der Waals surface area contributed by atoms with Gasteiger partial charge in [0.25, 0.3) is 0 Å². The van der Waals surface area contributed by atoms with Crippen molar-refractivity contribution in [1.29, 1.82) is 0 Å². The number of hydrogen-bond acceptors (Lipinski definition) is 6. The van der Waals surface area contributed by atoms with Crippen LogP contribution >= 0.6 is 0 Å². The van der Waals surface area contributed by atoms with Gasteiger partial charge in [-0.25, -0.2) is 0 Å². The maximum absolute atomic E-state index is 12.8. The highest BCUT2D eigenvalue weighted by molar-refractivity contribution is 5.71. The third-order valence-electron chi connectivity index (χ3n) is 12.2. The Morgan fingerprint density at radius 1 is 0.333 bits per heavy atom. The minimum Gasteiger partial charge on any atom is -0.462 e. The van der Waals surface area contributed by atoms with Crippen molar-refractivity contribution in [3.8, 4) is 0 Å². The SMILES string of the molecule is CC/C=C/C/C=C/C/C=C/CCCCCCCC(=O)O[C@H](COC(=O)CCCCCCCCCCCCCCC)COC(=O)CCCCCCCCCCCCCCCCCCC. The quantitative estimate of drug-likeness (QED) is 0.0262. The lowest BCUT2D eigenvalue weighted by atomic mass is 10.0. The lowest BCUT2D eigenvalue weighted by Gasteiger charge is -2.18. The molecule has 0 spiro atoms. The lowest BCUT2D eigenvalue weighted by Crippen LogP contribution is -2.30. The monoisotopic (exact) mass is 885 g/mol. The zero-order valence-electron chi connectivity index (χ0n) is 42.1. The predicted molar refractivity (Wildman–Crippen MR) is 270 cm³/mol. The summed E-state index contributed by atoms with van der Waals surface area (Å²) in [6, 6.07) is 0. The molecule has 0 saturated carbocycles. The maximum atomic E-state index is 12.8. The third-order valence-corrected chi connectivity index (χ3v) is 12.2. The van der Waals surface area contributed by atoms with Crippen molar-refractivity contribution in [3.05, 3.63) is 36.5 Å². The van der Waals surface area contributed by atoms with Crippen LogP contribution in [0.3, 0.4) is 0 Å². The van der Waals surface area contributed by atoms with Gasteiger partial charge in [-0.1, -0.05) is 256 Å². The van der Waals surface area contributed by atoms with E-state index in [1.54, 1.807) is 0 Å². The van der Waals surface area contributed by atoms with E-state index in [0.29, 0.717) is 19.3 Å². The highest BCUT2D eigenvalue weighted by Crippen LogP contribution is 2.16. The molecule has 0 aliphatic carbocycles. The van der Waals surface area contributed by atoms with Gasteiger partial charge in [-0.05, 0) is 51.4 Å². The number of allylic oxidation sites excluding steroid dienone is 6. The summed E-state index contributed by atoms with van der Waals surface area (Å²) < 4.78 is 16.8. The molecular formula is C57H104O6. The van der Waals surface area contributed by atoms with E-state index in [1.807, 2.05) is 0 Å². The van der Waals surface area contributed by atoms with Gasteiger partial charge in [-0.15, -0.1) is 0 Å². The normalized spacial score (nSPS) is 12.2. The van der Waals surface area contributed by atoms with E-state index in [0.717, 1.165) is 96.3 Å². The Kier molecular flexibility index (Phi) is 50.3. The average molecular weight is 885 g/mol. The van der Waals surface area contributed by atoms with E-state index in [-0.39, 0.29) is 31.1 Å². The molecule has 0 aromatic rings. The Hall–Kier alpha value is -2.37. The number of esters is 3. The summed E-state index contributed by atoms with van der Waals surface area (Å²) in [6.07, 6.45) is 61.3. The summed E-state index contributed by atoms with van der Waals surface area (Å²) in [5.41, 5.74) is 0. The minimum atomic E-state index is -0.776. The zero-order chi connectivity index (χ0) is 45.8. The number of hydrogen-bond donors (Lipinski definition) is 0. The molecule has 0 aromatic heterocycles. The first-order chi connectivity index (χ1) is 31.0. The molecule has 0 aliphatic rings. The second-order valence-electron chi connectivity index (χ2n) is 18.5. The first-order valence-corrected chi connectivity index (χ1v) is 27.5. The second kappa shape index (κ2) is 52.3. The van der Waals surface area contributed by atoms with E-state index in [1.165, 1.54) is 154 Å². The molecule has 0 aliphatic heterocycles. The first kappa shape index (κ1) is 60.6. The van der Waals surface area contributed by atoms with Crippen LogP contribution in [0.2, 0.25) is 0 Å². The van der Waals surface area contributed by atoms with Crippen LogP contribution in [0.4, 0.5) is 0 Å². The summed E-state index contributed by atoms with van der Waals surface area (Å²) in [5.74, 6) is -0.875. The lowest BCUT2D eigenvalue weighted by molar-refractivity contribution is -0.167. The Labute approximate surface area is 391 Å². The minimum absolute atomic E-state index is 0.0746. The Morgan fingerprint density at radius 3 is 0.968 bits per heavy atom. The van der Waals surface area contributed by atoms with Crippen LogP contribution in [0, 0.1) is 0 Å². The molecule has 368 valence electrons. The molecule has 0 heterocycles. The second-order valence-corrected chi connectivity index (χ2v) is 18.5. The Balaban J connectivity index is 4.35. The van der Waals surface area contributed by atoms with Crippen LogP contribution in [0.1, 0.15) is 290 Å². The molecule has 0 rings (SSSR count). The molecule has 6 nitrogen and oxygen atoms in total. The summed E-state index contributed by atoms with van der Waals surface area (Å²) in [5, 5.41) is 0. The standard InChI is InChI=1S/C57H104O6/c1-4-7-10-13-16-19-22-25-27-28-30-32-35-38-41-44-47-50-56(59)62-53-54(52-61-55(58)49-46-43-40-37-34-31-24-21-18-15-12-9-6-3)63-57(60)51-48-45-42-39-36-33-29-26-23-20-17-14-11-8-5-2/h8,11,17,20,26,29,54H,4-7,9-10,12-16,18-19,21-25,27-28,30-53H2,1-3H3/b11-8+,20-17+,29-26+/t54-/m1/s1. The first-order valence-electron chi connectivity index (χ1n) is 27.5. The summed E-state index contributed by atoms with van der Waals surface area (Å²) in [7, 11) is 0. The number of carbonyl (C=O) groups is 3. The van der Waals surface area contributed by atoms with E-state index in [9.17, 15) is 14.4 Å². The molecule has 1 atom stereocenters. The summed E-state index contributed by atoms with van der Waals surface area (Å²) >= 11 is 0. The van der Waals surface area contributed by atoms with E-state index in [2.05, 4.69) is 57.2 Å². The van der Waals surface area contributed by atoms with E-state index >= 15 is 0 Å².